The van der Waals surface area contributed by atoms with Crippen molar-refractivity contribution in [3.8, 4) is 0 Å². The molecule has 0 saturated heterocycles. The molecule has 1 heterocycles. The van der Waals surface area contributed by atoms with E-state index in [4.69, 9.17) is 0 Å². The van der Waals surface area contributed by atoms with Gasteiger partial charge in [0.15, 0.2) is 0 Å². The lowest BCUT2D eigenvalue weighted by atomic mass is 10.0. The van der Waals surface area contributed by atoms with E-state index in [9.17, 15) is 9.59 Å². The van der Waals surface area contributed by atoms with Crippen LogP contribution in [0.2, 0.25) is 0 Å². The average Bonchev–Trinajstić information content (AvgIpc) is 2.99. The van der Waals surface area contributed by atoms with Gasteiger partial charge in [0.1, 0.15) is 0 Å². The monoisotopic (exact) mass is 386 g/mol. The van der Waals surface area contributed by atoms with Gasteiger partial charge >= 0.3 is 6.03 Å². The second kappa shape index (κ2) is 11.1. The van der Waals surface area contributed by atoms with Crippen molar-refractivity contribution in [2.45, 2.75) is 64.0 Å². The Kier molecular flexibility index (Phi) is 8.15. The Labute approximate surface area is 168 Å². The number of fused-ring (bicyclic) bond motifs is 1. The first-order valence-electron chi connectivity index (χ1n) is 10.8. The molecule has 1 aliphatic heterocycles. The fourth-order valence-electron chi connectivity index (χ4n) is 4.11. The highest BCUT2D eigenvalue weighted by molar-refractivity contribution is 5.78. The maximum absolute atomic E-state index is 12.3. The molecular weight excluding hydrogens is 352 g/mol. The quantitative estimate of drug-likeness (QED) is 0.498. The van der Waals surface area contributed by atoms with E-state index in [0.29, 0.717) is 32.1 Å². The van der Waals surface area contributed by atoms with Gasteiger partial charge in [-0.1, -0.05) is 49.9 Å². The van der Waals surface area contributed by atoms with Gasteiger partial charge in [0, 0.05) is 45.2 Å². The Bertz CT molecular complexity index is 641. The average molecular weight is 387 g/mol. The zero-order valence-corrected chi connectivity index (χ0v) is 16.8. The van der Waals surface area contributed by atoms with Crippen LogP contribution < -0.4 is 16.0 Å². The number of urea groups is 1. The third-order valence-corrected chi connectivity index (χ3v) is 5.78. The normalized spacial score (nSPS) is 17.5. The molecule has 0 spiro atoms. The zero-order valence-electron chi connectivity index (χ0n) is 16.8. The number of amides is 3. The summed E-state index contributed by atoms with van der Waals surface area (Å²) in [5.74, 6) is -0.00745. The lowest BCUT2D eigenvalue weighted by molar-refractivity contribution is -0.120. The van der Waals surface area contributed by atoms with Crippen molar-refractivity contribution in [1.82, 2.24) is 20.9 Å². The number of carbonyl (C=O) groups excluding carboxylic acids is 2. The first kappa shape index (κ1) is 20.6. The molecule has 0 aromatic heterocycles. The van der Waals surface area contributed by atoms with E-state index in [1.165, 1.54) is 49.7 Å². The molecule has 0 unspecified atom stereocenters. The van der Waals surface area contributed by atoms with Crippen molar-refractivity contribution in [3.63, 3.8) is 0 Å². The molecule has 0 bridgehead atoms. The van der Waals surface area contributed by atoms with Gasteiger partial charge < -0.3 is 20.9 Å². The van der Waals surface area contributed by atoms with Gasteiger partial charge in [0.2, 0.25) is 5.91 Å². The van der Waals surface area contributed by atoms with Crippen molar-refractivity contribution in [2.75, 3.05) is 26.2 Å². The summed E-state index contributed by atoms with van der Waals surface area (Å²) in [5, 5.41) is 9.36. The van der Waals surface area contributed by atoms with Crippen LogP contribution in [0.15, 0.2) is 24.3 Å². The third kappa shape index (κ3) is 6.51. The molecule has 6 heteroatoms. The van der Waals surface area contributed by atoms with Crippen LogP contribution in [0.3, 0.4) is 0 Å². The molecule has 3 N–H and O–H groups in total. The third-order valence-electron chi connectivity index (χ3n) is 5.78. The number of hydrogen-bond acceptors (Lipinski definition) is 3. The molecular formula is C22H34N4O2. The molecule has 1 aromatic rings. The number of nitrogens with zero attached hydrogens (tertiary/aromatic N) is 1. The standard InChI is InChI=1S/C22H34N4O2/c27-21(24-15-14-23-20-9-3-1-2-4-10-20)11-13-25-22(28)26-16-12-18-7-5-6-8-19(18)17-26/h5-8,20,23H,1-4,9-17H2,(H,24,27)(H,25,28). The molecule has 2 aliphatic rings. The minimum absolute atomic E-state index is 0.00745. The molecule has 1 fully saturated rings. The summed E-state index contributed by atoms with van der Waals surface area (Å²) >= 11 is 0. The van der Waals surface area contributed by atoms with Crippen molar-refractivity contribution in [1.29, 1.82) is 0 Å². The number of nitrogens with one attached hydrogen (secondary N) is 3. The molecule has 0 atom stereocenters. The van der Waals surface area contributed by atoms with Crippen LogP contribution in [-0.2, 0) is 17.8 Å². The first-order chi connectivity index (χ1) is 13.7. The molecule has 3 amide bonds. The van der Waals surface area contributed by atoms with Gasteiger partial charge in [0.05, 0.1) is 0 Å². The highest BCUT2D eigenvalue weighted by Gasteiger charge is 2.20. The van der Waals surface area contributed by atoms with E-state index in [-0.39, 0.29) is 11.9 Å². The fourth-order valence-corrected chi connectivity index (χ4v) is 4.11. The molecule has 0 radical (unpaired) electrons. The summed E-state index contributed by atoms with van der Waals surface area (Å²) in [4.78, 5) is 26.1. The van der Waals surface area contributed by atoms with E-state index in [0.717, 1.165) is 19.5 Å². The van der Waals surface area contributed by atoms with Gasteiger partial charge in [-0.3, -0.25) is 4.79 Å². The number of hydrogen-bond donors (Lipinski definition) is 3. The predicted octanol–water partition coefficient (Wildman–Crippen LogP) is 2.57. The zero-order chi connectivity index (χ0) is 19.6. The minimum Gasteiger partial charge on any atom is -0.355 e. The first-order valence-corrected chi connectivity index (χ1v) is 10.8. The molecule has 3 rings (SSSR count). The smallest absolute Gasteiger partial charge is 0.317 e. The summed E-state index contributed by atoms with van der Waals surface area (Å²) < 4.78 is 0. The second-order valence-corrected chi connectivity index (χ2v) is 7.91. The van der Waals surface area contributed by atoms with E-state index in [1.807, 2.05) is 17.0 Å². The molecule has 28 heavy (non-hydrogen) atoms. The van der Waals surface area contributed by atoms with Crippen LogP contribution in [-0.4, -0.2) is 49.1 Å². The van der Waals surface area contributed by atoms with Crippen molar-refractivity contribution >= 4 is 11.9 Å². The van der Waals surface area contributed by atoms with Gasteiger partial charge in [-0.15, -0.1) is 0 Å². The molecule has 1 aromatic carbocycles. The van der Waals surface area contributed by atoms with Crippen molar-refractivity contribution in [3.05, 3.63) is 35.4 Å². The highest BCUT2D eigenvalue weighted by Crippen LogP contribution is 2.18. The summed E-state index contributed by atoms with van der Waals surface area (Å²) in [6.07, 6.45) is 9.04. The van der Waals surface area contributed by atoms with Crippen LogP contribution in [0.4, 0.5) is 4.79 Å². The summed E-state index contributed by atoms with van der Waals surface area (Å²) in [6.45, 7) is 3.20. The molecule has 6 nitrogen and oxygen atoms in total. The van der Waals surface area contributed by atoms with Crippen LogP contribution in [0.25, 0.3) is 0 Å². The van der Waals surface area contributed by atoms with Crippen LogP contribution in [0.5, 0.6) is 0 Å². The predicted molar refractivity (Wildman–Crippen MR) is 111 cm³/mol. The number of benzene rings is 1. The van der Waals surface area contributed by atoms with E-state index < -0.39 is 0 Å². The molecule has 1 aliphatic carbocycles. The Morgan fingerprint density at radius 2 is 1.68 bits per heavy atom. The van der Waals surface area contributed by atoms with Crippen LogP contribution in [0, 0.1) is 0 Å². The Balaban J connectivity index is 1.25. The summed E-state index contributed by atoms with van der Waals surface area (Å²) in [6, 6.07) is 8.77. The van der Waals surface area contributed by atoms with Gasteiger partial charge in [-0.25, -0.2) is 4.79 Å². The summed E-state index contributed by atoms with van der Waals surface area (Å²) in [5.41, 5.74) is 2.53. The highest BCUT2D eigenvalue weighted by atomic mass is 16.2. The van der Waals surface area contributed by atoms with Crippen molar-refractivity contribution in [2.24, 2.45) is 0 Å². The van der Waals surface area contributed by atoms with Crippen molar-refractivity contribution < 1.29 is 9.59 Å². The number of rotatable bonds is 7. The van der Waals surface area contributed by atoms with E-state index in [1.54, 1.807) is 0 Å². The van der Waals surface area contributed by atoms with Gasteiger partial charge in [-0.2, -0.15) is 0 Å². The Morgan fingerprint density at radius 3 is 2.46 bits per heavy atom. The maximum Gasteiger partial charge on any atom is 0.317 e. The second-order valence-electron chi connectivity index (χ2n) is 7.91. The Hall–Kier alpha value is -2.08. The maximum atomic E-state index is 12.3. The Morgan fingerprint density at radius 1 is 0.929 bits per heavy atom. The van der Waals surface area contributed by atoms with Crippen LogP contribution in [0.1, 0.15) is 56.1 Å². The fraction of sp³-hybridized carbons (Fsp3) is 0.636. The number of carbonyl (C=O) groups is 2. The molecule has 1 saturated carbocycles. The largest absolute Gasteiger partial charge is 0.355 e. The lowest BCUT2D eigenvalue weighted by Crippen LogP contribution is -2.44. The summed E-state index contributed by atoms with van der Waals surface area (Å²) in [7, 11) is 0. The minimum atomic E-state index is -0.0858. The van der Waals surface area contributed by atoms with Gasteiger partial charge in [0.25, 0.3) is 0 Å². The van der Waals surface area contributed by atoms with Crippen LogP contribution >= 0.6 is 0 Å². The SMILES string of the molecule is O=C(CCNC(=O)N1CCc2ccccc2C1)NCCNC1CCCCCC1. The van der Waals surface area contributed by atoms with E-state index in [2.05, 4.69) is 28.1 Å². The van der Waals surface area contributed by atoms with Gasteiger partial charge in [-0.05, 0) is 30.4 Å². The lowest BCUT2D eigenvalue weighted by Gasteiger charge is -2.28. The van der Waals surface area contributed by atoms with E-state index >= 15 is 0 Å². The molecule has 154 valence electrons. The topological polar surface area (TPSA) is 73.5 Å².